The Hall–Kier alpha value is -2.75. The van der Waals surface area contributed by atoms with E-state index >= 15 is 0 Å². The molecule has 2 rings (SSSR count). The number of hydrogen-bond acceptors (Lipinski definition) is 7. The van der Waals surface area contributed by atoms with Crippen molar-refractivity contribution in [3.8, 4) is 0 Å². The maximum Gasteiger partial charge on any atom is 0.354 e. The lowest BCUT2D eigenvalue weighted by Gasteiger charge is -2.03. The molecule has 0 unspecified atom stereocenters. The Morgan fingerprint density at radius 3 is 2.71 bits per heavy atom. The molecular weight excluding hydrogens is 300 g/mol. The first-order valence-corrected chi connectivity index (χ1v) is 6.33. The van der Waals surface area contributed by atoms with E-state index in [4.69, 9.17) is 5.11 Å². The van der Waals surface area contributed by atoms with Gasteiger partial charge in [0.1, 0.15) is 5.69 Å². The molecule has 9 nitrogen and oxygen atoms in total. The maximum absolute atomic E-state index is 11.3. The number of carboxylic acids is 1. The summed E-state index contributed by atoms with van der Waals surface area (Å²) >= 11 is 0.720. The highest BCUT2D eigenvalue weighted by molar-refractivity contribution is 7.99. The van der Waals surface area contributed by atoms with Gasteiger partial charge in [0.2, 0.25) is 0 Å². The van der Waals surface area contributed by atoms with Crippen molar-refractivity contribution in [1.29, 1.82) is 0 Å². The van der Waals surface area contributed by atoms with Crippen LogP contribution in [0.1, 0.15) is 16.2 Å². The van der Waals surface area contributed by atoms with Gasteiger partial charge in [0, 0.05) is 17.8 Å². The molecule has 2 aromatic heterocycles. The molecule has 2 N–H and O–H groups in total. The third-order valence-corrected chi connectivity index (χ3v) is 3.18. The Kier molecular flexibility index (Phi) is 3.98. The predicted molar refractivity (Wildman–Crippen MR) is 71.6 cm³/mol. The fourth-order valence-electron chi connectivity index (χ4n) is 1.46. The lowest BCUT2D eigenvalue weighted by atomic mass is 10.3. The van der Waals surface area contributed by atoms with E-state index in [2.05, 4.69) is 15.0 Å². The van der Waals surface area contributed by atoms with Crippen LogP contribution in [0.3, 0.4) is 0 Å². The standard InChI is InChI=1S/C11H8N4O5S/c1-5-4-8(16)14-11(12-5)21-9-7(15(19)20)3-2-6(13-9)10(17)18/h2-4H,1H3,(H,17,18)(H,12,14,16). The first kappa shape index (κ1) is 14.7. The van der Waals surface area contributed by atoms with Crippen LogP contribution in [0, 0.1) is 17.0 Å². The summed E-state index contributed by atoms with van der Waals surface area (Å²) in [5.41, 5.74) is -0.687. The molecule has 0 fully saturated rings. The number of aromatic amines is 1. The molecule has 108 valence electrons. The van der Waals surface area contributed by atoms with Gasteiger partial charge in [0.25, 0.3) is 5.56 Å². The quantitative estimate of drug-likeness (QED) is 0.488. The average molecular weight is 308 g/mol. The van der Waals surface area contributed by atoms with Crippen LogP contribution in [-0.4, -0.2) is 31.0 Å². The minimum atomic E-state index is -1.31. The van der Waals surface area contributed by atoms with Crippen molar-refractivity contribution in [3.05, 3.63) is 50.1 Å². The molecular formula is C11H8N4O5S. The van der Waals surface area contributed by atoms with Crippen LogP contribution in [-0.2, 0) is 0 Å². The third-order valence-electron chi connectivity index (χ3n) is 2.30. The zero-order valence-electron chi connectivity index (χ0n) is 10.6. The summed E-state index contributed by atoms with van der Waals surface area (Å²) in [5, 5.41) is 19.8. The van der Waals surface area contributed by atoms with Gasteiger partial charge in [0.15, 0.2) is 10.2 Å². The normalized spacial score (nSPS) is 10.3. The Morgan fingerprint density at radius 1 is 1.43 bits per heavy atom. The highest BCUT2D eigenvalue weighted by Gasteiger charge is 2.20. The fraction of sp³-hybridized carbons (Fsp3) is 0.0909. The molecule has 0 atom stereocenters. The van der Waals surface area contributed by atoms with E-state index in [1.165, 1.54) is 6.07 Å². The zero-order chi connectivity index (χ0) is 15.6. The van der Waals surface area contributed by atoms with E-state index in [1.54, 1.807) is 6.92 Å². The summed E-state index contributed by atoms with van der Waals surface area (Å²) in [5.74, 6) is -1.31. The molecule has 21 heavy (non-hydrogen) atoms. The predicted octanol–water partition coefficient (Wildman–Crippen LogP) is 1.23. The number of rotatable bonds is 4. The van der Waals surface area contributed by atoms with Gasteiger partial charge in [0.05, 0.1) is 4.92 Å². The van der Waals surface area contributed by atoms with E-state index < -0.39 is 16.5 Å². The SMILES string of the molecule is Cc1cc(=O)[nH]c(Sc2nc(C(=O)O)ccc2[N+](=O)[O-])n1. The molecule has 2 heterocycles. The summed E-state index contributed by atoms with van der Waals surface area (Å²) in [6, 6.07) is 3.35. The Balaban J connectivity index is 2.50. The van der Waals surface area contributed by atoms with E-state index in [0.29, 0.717) is 5.69 Å². The number of carbonyl (C=O) groups is 1. The number of aryl methyl sites for hydroxylation is 1. The molecule has 0 saturated carbocycles. The summed E-state index contributed by atoms with van der Waals surface area (Å²) in [6.45, 7) is 1.59. The summed E-state index contributed by atoms with van der Waals surface area (Å²) < 4.78 is 0. The van der Waals surface area contributed by atoms with Crippen molar-refractivity contribution in [1.82, 2.24) is 15.0 Å². The molecule has 0 aliphatic carbocycles. The molecule has 10 heteroatoms. The van der Waals surface area contributed by atoms with E-state index in [1.807, 2.05) is 0 Å². The molecule has 0 amide bonds. The first-order chi connectivity index (χ1) is 9.86. The van der Waals surface area contributed by atoms with Crippen molar-refractivity contribution in [2.24, 2.45) is 0 Å². The second-order valence-corrected chi connectivity index (χ2v) is 4.85. The van der Waals surface area contributed by atoms with Crippen molar-refractivity contribution in [3.63, 3.8) is 0 Å². The topological polar surface area (TPSA) is 139 Å². The van der Waals surface area contributed by atoms with Gasteiger partial charge < -0.3 is 10.1 Å². The number of aromatic nitrogens is 3. The van der Waals surface area contributed by atoms with E-state index in [0.717, 1.165) is 23.9 Å². The molecule has 2 aromatic rings. The molecule has 0 bridgehead atoms. The molecule has 0 saturated heterocycles. The van der Waals surface area contributed by atoms with Crippen LogP contribution in [0.5, 0.6) is 0 Å². The highest BCUT2D eigenvalue weighted by Crippen LogP contribution is 2.30. The van der Waals surface area contributed by atoms with Gasteiger partial charge in [-0.1, -0.05) is 0 Å². The number of nitrogens with one attached hydrogen (secondary N) is 1. The van der Waals surface area contributed by atoms with Crippen LogP contribution >= 0.6 is 11.8 Å². The highest BCUT2D eigenvalue weighted by atomic mass is 32.2. The number of carboxylic acid groups (broad SMARTS) is 1. The monoisotopic (exact) mass is 308 g/mol. The second kappa shape index (κ2) is 5.71. The van der Waals surface area contributed by atoms with Gasteiger partial charge in [-0.15, -0.1) is 0 Å². The molecule has 0 radical (unpaired) electrons. The average Bonchev–Trinajstić information content (AvgIpc) is 2.36. The number of hydrogen-bond donors (Lipinski definition) is 2. The van der Waals surface area contributed by atoms with Crippen LogP contribution in [0.2, 0.25) is 0 Å². The molecule has 0 aliphatic heterocycles. The van der Waals surface area contributed by atoms with Gasteiger partial charge >= 0.3 is 11.7 Å². The third kappa shape index (κ3) is 3.42. The van der Waals surface area contributed by atoms with E-state index in [9.17, 15) is 19.7 Å². The number of nitrogens with zero attached hydrogens (tertiary/aromatic N) is 3. The van der Waals surface area contributed by atoms with Crippen LogP contribution in [0.4, 0.5) is 5.69 Å². The second-order valence-electron chi connectivity index (χ2n) is 3.88. The van der Waals surface area contributed by atoms with Gasteiger partial charge in [-0.05, 0) is 24.8 Å². The van der Waals surface area contributed by atoms with Gasteiger partial charge in [-0.25, -0.2) is 14.8 Å². The largest absolute Gasteiger partial charge is 0.477 e. The first-order valence-electron chi connectivity index (χ1n) is 5.51. The fourth-order valence-corrected chi connectivity index (χ4v) is 2.37. The van der Waals surface area contributed by atoms with Crippen molar-refractivity contribution >= 4 is 23.4 Å². The summed E-state index contributed by atoms with van der Waals surface area (Å²) in [7, 11) is 0. The number of pyridine rings is 1. The van der Waals surface area contributed by atoms with Gasteiger partial charge in [-0.2, -0.15) is 0 Å². The van der Waals surface area contributed by atoms with Crippen molar-refractivity contribution < 1.29 is 14.8 Å². The minimum Gasteiger partial charge on any atom is -0.477 e. The maximum atomic E-state index is 11.3. The van der Waals surface area contributed by atoms with Crippen molar-refractivity contribution in [2.75, 3.05) is 0 Å². The Morgan fingerprint density at radius 2 is 2.14 bits per heavy atom. The number of nitro groups is 1. The summed E-state index contributed by atoms with van der Waals surface area (Å²) in [6.07, 6.45) is 0. The smallest absolute Gasteiger partial charge is 0.354 e. The lowest BCUT2D eigenvalue weighted by Crippen LogP contribution is -2.09. The van der Waals surface area contributed by atoms with Crippen LogP contribution < -0.4 is 5.56 Å². The van der Waals surface area contributed by atoms with E-state index in [-0.39, 0.29) is 21.6 Å². The number of H-pyrrole nitrogens is 1. The number of aromatic carboxylic acids is 1. The zero-order valence-corrected chi connectivity index (χ0v) is 11.4. The Labute approximate surface area is 121 Å². The minimum absolute atomic E-state index is 0.0955. The van der Waals surface area contributed by atoms with Crippen LogP contribution in [0.25, 0.3) is 0 Å². The van der Waals surface area contributed by atoms with Crippen LogP contribution in [0.15, 0.2) is 33.2 Å². The molecule has 0 aromatic carbocycles. The molecule has 0 aliphatic rings. The summed E-state index contributed by atoms with van der Waals surface area (Å²) in [4.78, 5) is 42.6. The molecule has 0 spiro atoms. The van der Waals surface area contributed by atoms with Crippen molar-refractivity contribution in [2.45, 2.75) is 17.1 Å². The Bertz CT molecular complexity index is 788. The lowest BCUT2D eigenvalue weighted by molar-refractivity contribution is -0.388. The van der Waals surface area contributed by atoms with Gasteiger partial charge in [-0.3, -0.25) is 14.9 Å².